The van der Waals surface area contributed by atoms with Gasteiger partial charge in [-0.15, -0.1) is 0 Å². The van der Waals surface area contributed by atoms with E-state index in [1.165, 1.54) is 5.56 Å². The molecule has 24 heavy (non-hydrogen) atoms. The van der Waals surface area contributed by atoms with E-state index in [1.54, 1.807) is 0 Å². The predicted molar refractivity (Wildman–Crippen MR) is 101 cm³/mol. The van der Waals surface area contributed by atoms with Crippen LogP contribution in [0.1, 0.15) is 30.5 Å². The van der Waals surface area contributed by atoms with Crippen molar-refractivity contribution >= 4 is 23.5 Å². The van der Waals surface area contributed by atoms with Crippen molar-refractivity contribution in [1.29, 1.82) is 0 Å². The van der Waals surface area contributed by atoms with Gasteiger partial charge in [0.2, 0.25) is 0 Å². The maximum absolute atomic E-state index is 12.1. The monoisotopic (exact) mass is 344 g/mol. The third-order valence-corrected chi connectivity index (χ3v) is 4.66. The molecule has 0 atom stereocenters. The molecule has 2 amide bonds. The van der Waals surface area contributed by atoms with Crippen LogP contribution >= 0.6 is 11.8 Å². The molecule has 2 rings (SSSR count). The van der Waals surface area contributed by atoms with Gasteiger partial charge in [-0.3, -0.25) is 0 Å². The summed E-state index contributed by atoms with van der Waals surface area (Å²) in [7, 11) is 0. The molecule has 0 saturated heterocycles. The Labute approximate surface area is 147 Å². The number of urea groups is 1. The summed E-state index contributed by atoms with van der Waals surface area (Å²) in [5.41, 5.74) is 3.71. The van der Waals surface area contributed by atoms with Crippen molar-refractivity contribution in [2.75, 3.05) is 5.32 Å². The average Bonchev–Trinajstić information content (AvgIpc) is 2.58. The first kappa shape index (κ1) is 18.4. The molecule has 0 aliphatic carbocycles. The van der Waals surface area contributed by atoms with Crippen molar-refractivity contribution in [3.05, 3.63) is 65.2 Å². The molecule has 0 spiro atoms. The van der Waals surface area contributed by atoms with E-state index in [-0.39, 0.29) is 12.6 Å². The molecule has 2 aromatic rings. The Morgan fingerprint density at radius 1 is 1.12 bits per heavy atom. The molecule has 0 aliphatic heterocycles. The molecule has 128 valence electrons. The summed E-state index contributed by atoms with van der Waals surface area (Å²) in [5, 5.41) is 15.6. The van der Waals surface area contributed by atoms with E-state index in [1.807, 2.05) is 54.2 Å². The van der Waals surface area contributed by atoms with E-state index in [9.17, 15) is 9.90 Å². The van der Waals surface area contributed by atoms with Gasteiger partial charge < -0.3 is 15.7 Å². The molecule has 0 heterocycles. The van der Waals surface area contributed by atoms with Gasteiger partial charge in [-0.05, 0) is 34.1 Å². The number of carbonyl (C=O) groups excluding carboxylic acids is 1. The zero-order valence-corrected chi connectivity index (χ0v) is 14.9. The Balaban J connectivity index is 1.89. The molecule has 4 nitrogen and oxygen atoms in total. The number of thioether (sulfide) groups is 1. The Kier molecular flexibility index (Phi) is 7.15. The van der Waals surface area contributed by atoms with Crippen molar-refractivity contribution in [2.45, 2.75) is 38.0 Å². The highest BCUT2D eigenvalue weighted by molar-refractivity contribution is 7.99. The molecule has 0 radical (unpaired) electrons. The van der Waals surface area contributed by atoms with E-state index < -0.39 is 0 Å². The minimum Gasteiger partial charge on any atom is -0.392 e. The third-order valence-electron chi connectivity index (χ3n) is 3.50. The first-order chi connectivity index (χ1) is 11.6. The number of hydrogen-bond acceptors (Lipinski definition) is 3. The lowest BCUT2D eigenvalue weighted by Gasteiger charge is -2.11. The fraction of sp³-hybridized carbons (Fsp3) is 0.316. The van der Waals surface area contributed by atoms with Gasteiger partial charge in [0, 0.05) is 18.0 Å². The minimum atomic E-state index is -0.253. The Hall–Kier alpha value is -1.98. The number of anilines is 1. The predicted octanol–water partition coefficient (Wildman–Crippen LogP) is 4.14. The van der Waals surface area contributed by atoms with Crippen LogP contribution in [0.15, 0.2) is 48.5 Å². The molecule has 0 fully saturated rings. The number of hydrogen-bond donors (Lipinski definition) is 3. The van der Waals surface area contributed by atoms with Gasteiger partial charge in [-0.1, -0.05) is 50.2 Å². The quantitative estimate of drug-likeness (QED) is 0.707. The average molecular weight is 344 g/mol. The fourth-order valence-electron chi connectivity index (χ4n) is 2.24. The van der Waals surface area contributed by atoms with Gasteiger partial charge in [-0.25, -0.2) is 4.79 Å². The van der Waals surface area contributed by atoms with Crippen LogP contribution in [0, 0.1) is 0 Å². The van der Waals surface area contributed by atoms with Crippen molar-refractivity contribution in [1.82, 2.24) is 5.32 Å². The zero-order valence-electron chi connectivity index (χ0n) is 14.1. The first-order valence-electron chi connectivity index (χ1n) is 8.01. The zero-order chi connectivity index (χ0) is 17.4. The minimum absolute atomic E-state index is 0.0327. The van der Waals surface area contributed by atoms with Crippen molar-refractivity contribution in [3.8, 4) is 0 Å². The number of rotatable bonds is 7. The third kappa shape index (κ3) is 5.91. The van der Waals surface area contributed by atoms with Crippen LogP contribution < -0.4 is 10.6 Å². The van der Waals surface area contributed by atoms with E-state index in [2.05, 4.69) is 30.5 Å². The van der Waals surface area contributed by atoms with Crippen LogP contribution in [0.2, 0.25) is 0 Å². The highest BCUT2D eigenvalue weighted by atomic mass is 32.2. The van der Waals surface area contributed by atoms with Crippen LogP contribution in [-0.4, -0.2) is 16.4 Å². The summed E-state index contributed by atoms with van der Waals surface area (Å²) >= 11 is 1.87. The summed E-state index contributed by atoms with van der Waals surface area (Å²) in [6.45, 7) is 4.69. The maximum atomic E-state index is 12.1. The SMILES string of the molecule is CC(C)SCc1cccc(NC(=O)NCc2ccccc2CO)c1. The molecule has 0 aromatic heterocycles. The first-order valence-corrected chi connectivity index (χ1v) is 9.06. The summed E-state index contributed by atoms with van der Waals surface area (Å²) < 4.78 is 0. The summed E-state index contributed by atoms with van der Waals surface area (Å²) in [6, 6.07) is 15.2. The van der Waals surface area contributed by atoms with E-state index in [0.29, 0.717) is 11.8 Å². The van der Waals surface area contributed by atoms with E-state index >= 15 is 0 Å². The maximum Gasteiger partial charge on any atom is 0.319 e. The van der Waals surface area contributed by atoms with Gasteiger partial charge in [0.25, 0.3) is 0 Å². The lowest BCUT2D eigenvalue weighted by Crippen LogP contribution is -2.28. The molecule has 0 saturated carbocycles. The highest BCUT2D eigenvalue weighted by Gasteiger charge is 2.05. The normalized spacial score (nSPS) is 10.7. The second kappa shape index (κ2) is 9.35. The number of carbonyl (C=O) groups is 1. The molecule has 3 N–H and O–H groups in total. The van der Waals surface area contributed by atoms with Gasteiger partial charge >= 0.3 is 6.03 Å². The van der Waals surface area contributed by atoms with E-state index in [0.717, 1.165) is 22.6 Å². The number of nitrogens with one attached hydrogen (secondary N) is 2. The van der Waals surface area contributed by atoms with Crippen LogP contribution in [-0.2, 0) is 18.9 Å². The Bertz CT molecular complexity index is 674. The van der Waals surface area contributed by atoms with Gasteiger partial charge in [0.1, 0.15) is 0 Å². The number of aliphatic hydroxyl groups excluding tert-OH is 1. The van der Waals surface area contributed by atoms with E-state index in [4.69, 9.17) is 0 Å². The standard InChI is InChI=1S/C19H24N2O2S/c1-14(2)24-13-15-6-5-9-18(10-15)21-19(23)20-11-16-7-3-4-8-17(16)12-22/h3-10,14,22H,11-13H2,1-2H3,(H2,20,21,23). The number of aliphatic hydroxyl groups is 1. The van der Waals surface area contributed by atoms with Crippen molar-refractivity contribution in [2.24, 2.45) is 0 Å². The summed E-state index contributed by atoms with van der Waals surface area (Å²) in [4.78, 5) is 12.1. The van der Waals surface area contributed by atoms with Gasteiger partial charge in [-0.2, -0.15) is 11.8 Å². The largest absolute Gasteiger partial charge is 0.392 e. The second-order valence-electron chi connectivity index (χ2n) is 5.79. The molecule has 0 aliphatic rings. The van der Waals surface area contributed by atoms with Crippen molar-refractivity contribution < 1.29 is 9.90 Å². The smallest absolute Gasteiger partial charge is 0.319 e. The van der Waals surface area contributed by atoms with Gasteiger partial charge in [0.15, 0.2) is 0 Å². The van der Waals surface area contributed by atoms with Gasteiger partial charge in [0.05, 0.1) is 6.61 Å². The van der Waals surface area contributed by atoms with Crippen LogP contribution in [0.5, 0.6) is 0 Å². The highest BCUT2D eigenvalue weighted by Crippen LogP contribution is 2.19. The topological polar surface area (TPSA) is 61.4 Å². The van der Waals surface area contributed by atoms with Crippen LogP contribution in [0.25, 0.3) is 0 Å². The van der Waals surface area contributed by atoms with Crippen molar-refractivity contribution in [3.63, 3.8) is 0 Å². The summed E-state index contributed by atoms with van der Waals surface area (Å²) in [6.07, 6.45) is 0. The molecule has 5 heteroatoms. The van der Waals surface area contributed by atoms with Crippen LogP contribution in [0.4, 0.5) is 10.5 Å². The summed E-state index contributed by atoms with van der Waals surface area (Å²) in [5.74, 6) is 0.929. The number of benzene rings is 2. The van der Waals surface area contributed by atoms with Crippen LogP contribution in [0.3, 0.4) is 0 Å². The Morgan fingerprint density at radius 2 is 1.88 bits per heavy atom. The molecular weight excluding hydrogens is 320 g/mol. The second-order valence-corrected chi connectivity index (χ2v) is 7.36. The Morgan fingerprint density at radius 3 is 2.58 bits per heavy atom. The lowest BCUT2D eigenvalue weighted by atomic mass is 10.1. The molecular formula is C19H24N2O2S. The lowest BCUT2D eigenvalue weighted by molar-refractivity contribution is 0.251. The fourth-order valence-corrected chi connectivity index (χ4v) is 2.94. The molecule has 0 unspecified atom stereocenters. The number of amides is 2. The molecule has 2 aromatic carbocycles. The molecule has 0 bridgehead atoms.